The summed E-state index contributed by atoms with van der Waals surface area (Å²) in [5, 5.41) is 3.02. The molecule has 2 aliphatic heterocycles. The quantitative estimate of drug-likeness (QED) is 0.864. The van der Waals surface area contributed by atoms with Crippen LogP contribution in [0.15, 0.2) is 36.4 Å². The molecule has 148 valence electrons. The van der Waals surface area contributed by atoms with Crippen molar-refractivity contribution in [3.63, 3.8) is 0 Å². The van der Waals surface area contributed by atoms with Gasteiger partial charge in [-0.15, -0.1) is 0 Å². The molecule has 1 amide bonds. The molecule has 2 fully saturated rings. The van der Waals surface area contributed by atoms with Crippen molar-refractivity contribution in [1.82, 2.24) is 15.3 Å². The number of carbonyl (C=O) groups excluding carboxylic acids is 1. The zero-order chi connectivity index (χ0) is 19.5. The molecular formula is C22H28N4O2. The van der Waals surface area contributed by atoms with E-state index in [0.29, 0.717) is 31.4 Å². The van der Waals surface area contributed by atoms with Crippen molar-refractivity contribution in [3.05, 3.63) is 53.3 Å². The second-order valence-corrected chi connectivity index (χ2v) is 7.95. The van der Waals surface area contributed by atoms with Gasteiger partial charge in [0.05, 0.1) is 19.1 Å². The smallest absolute Gasteiger partial charge is 0.225 e. The van der Waals surface area contributed by atoms with Crippen LogP contribution in [0.25, 0.3) is 0 Å². The highest BCUT2D eigenvalue weighted by Gasteiger charge is 2.42. The molecule has 3 atom stereocenters. The molecule has 0 aliphatic carbocycles. The second-order valence-electron chi connectivity index (χ2n) is 7.95. The Hall–Kier alpha value is -2.47. The Labute approximate surface area is 166 Å². The molecule has 28 heavy (non-hydrogen) atoms. The van der Waals surface area contributed by atoms with Gasteiger partial charge in [-0.2, -0.15) is 0 Å². The van der Waals surface area contributed by atoms with E-state index in [-0.39, 0.29) is 12.0 Å². The maximum absolute atomic E-state index is 12.4. The number of fused-ring (bicyclic) bond motifs is 1. The molecule has 4 rings (SSSR count). The summed E-state index contributed by atoms with van der Waals surface area (Å²) in [6, 6.07) is 12.0. The molecular weight excluding hydrogens is 352 g/mol. The monoisotopic (exact) mass is 380 g/mol. The molecule has 6 nitrogen and oxygen atoms in total. The van der Waals surface area contributed by atoms with Gasteiger partial charge in [-0.05, 0) is 37.8 Å². The predicted molar refractivity (Wildman–Crippen MR) is 108 cm³/mol. The van der Waals surface area contributed by atoms with E-state index < -0.39 is 0 Å². The molecule has 3 heterocycles. The highest BCUT2D eigenvalue weighted by Crippen LogP contribution is 2.36. The van der Waals surface area contributed by atoms with E-state index in [9.17, 15) is 4.79 Å². The van der Waals surface area contributed by atoms with Crippen LogP contribution in [0.1, 0.15) is 29.8 Å². The van der Waals surface area contributed by atoms with Crippen molar-refractivity contribution in [2.45, 2.75) is 39.3 Å². The fourth-order valence-corrected chi connectivity index (χ4v) is 4.38. The van der Waals surface area contributed by atoms with Crippen molar-refractivity contribution in [1.29, 1.82) is 0 Å². The molecule has 0 saturated carbocycles. The lowest BCUT2D eigenvalue weighted by Crippen LogP contribution is -2.43. The fourth-order valence-electron chi connectivity index (χ4n) is 4.38. The Kier molecular flexibility index (Phi) is 5.57. The standard InChI is InChI=1S/C22H28N4O2/c1-15-10-16(2)25-22(24-15)26-9-8-19-18(13-26)14-28-20(19)11-21(27)23-12-17-6-4-3-5-7-17/h3-7,10,18-20H,8-9,11-14H2,1-2H3,(H,23,27)/t18-,19-,20+/m1/s1. The lowest BCUT2D eigenvalue weighted by molar-refractivity contribution is -0.123. The van der Waals surface area contributed by atoms with Gasteiger partial charge in [-0.25, -0.2) is 9.97 Å². The third kappa shape index (κ3) is 4.33. The number of nitrogens with one attached hydrogen (secondary N) is 1. The van der Waals surface area contributed by atoms with Crippen LogP contribution < -0.4 is 10.2 Å². The van der Waals surface area contributed by atoms with Gasteiger partial charge in [0.15, 0.2) is 0 Å². The van der Waals surface area contributed by atoms with E-state index in [1.54, 1.807) is 0 Å². The van der Waals surface area contributed by atoms with Gasteiger partial charge in [0, 0.05) is 36.9 Å². The SMILES string of the molecule is Cc1cc(C)nc(N2CC[C@@H]3[C@@H](CO[C@H]3CC(=O)NCc3ccccc3)C2)n1. The van der Waals surface area contributed by atoms with Gasteiger partial charge in [0.2, 0.25) is 11.9 Å². The summed E-state index contributed by atoms with van der Waals surface area (Å²) in [4.78, 5) is 23.9. The molecule has 1 aromatic heterocycles. The molecule has 0 radical (unpaired) electrons. The van der Waals surface area contributed by atoms with Crippen LogP contribution in [0, 0.1) is 25.7 Å². The summed E-state index contributed by atoms with van der Waals surface area (Å²) in [6.07, 6.45) is 1.47. The van der Waals surface area contributed by atoms with Crippen molar-refractivity contribution >= 4 is 11.9 Å². The lowest BCUT2D eigenvalue weighted by Gasteiger charge is -2.35. The molecule has 6 heteroatoms. The van der Waals surface area contributed by atoms with Crippen molar-refractivity contribution in [2.24, 2.45) is 11.8 Å². The minimum atomic E-state index is 0.0167. The highest BCUT2D eigenvalue weighted by atomic mass is 16.5. The number of anilines is 1. The number of ether oxygens (including phenoxy) is 1. The van der Waals surface area contributed by atoms with Crippen LogP contribution in [-0.2, 0) is 16.1 Å². The number of benzene rings is 1. The van der Waals surface area contributed by atoms with Crippen LogP contribution in [0.4, 0.5) is 5.95 Å². The van der Waals surface area contributed by atoms with Crippen molar-refractivity contribution < 1.29 is 9.53 Å². The van der Waals surface area contributed by atoms with E-state index in [4.69, 9.17) is 4.74 Å². The molecule has 0 spiro atoms. The van der Waals surface area contributed by atoms with Crippen LogP contribution in [0.2, 0.25) is 0 Å². The first kappa shape index (κ1) is 18.9. The maximum Gasteiger partial charge on any atom is 0.225 e. The molecule has 2 aromatic rings. The Bertz CT molecular complexity index is 806. The number of carbonyl (C=O) groups is 1. The normalized spacial score (nSPS) is 24.1. The topological polar surface area (TPSA) is 67.4 Å². The fraction of sp³-hybridized carbons (Fsp3) is 0.500. The number of piperidine rings is 1. The van der Waals surface area contributed by atoms with E-state index in [1.165, 1.54) is 0 Å². The largest absolute Gasteiger partial charge is 0.377 e. The Morgan fingerprint density at radius 2 is 1.96 bits per heavy atom. The number of aryl methyl sites for hydroxylation is 2. The Morgan fingerprint density at radius 1 is 1.21 bits per heavy atom. The average molecular weight is 380 g/mol. The number of amides is 1. The van der Waals surface area contributed by atoms with Crippen LogP contribution in [0.3, 0.4) is 0 Å². The number of aromatic nitrogens is 2. The number of hydrogen-bond donors (Lipinski definition) is 1. The van der Waals surface area contributed by atoms with E-state index in [0.717, 1.165) is 42.4 Å². The lowest BCUT2D eigenvalue weighted by atomic mass is 9.83. The summed E-state index contributed by atoms with van der Waals surface area (Å²) in [7, 11) is 0. The molecule has 2 aliphatic rings. The molecule has 0 unspecified atom stereocenters. The van der Waals surface area contributed by atoms with Gasteiger partial charge in [-0.3, -0.25) is 4.79 Å². The number of hydrogen-bond acceptors (Lipinski definition) is 5. The summed E-state index contributed by atoms with van der Waals surface area (Å²) in [5.74, 6) is 1.75. The summed E-state index contributed by atoms with van der Waals surface area (Å²) >= 11 is 0. The van der Waals surface area contributed by atoms with E-state index >= 15 is 0 Å². The minimum Gasteiger partial charge on any atom is -0.377 e. The van der Waals surface area contributed by atoms with E-state index in [2.05, 4.69) is 20.2 Å². The van der Waals surface area contributed by atoms with Crippen molar-refractivity contribution in [3.8, 4) is 0 Å². The predicted octanol–water partition coefficient (Wildman–Crippen LogP) is 2.64. The minimum absolute atomic E-state index is 0.0167. The molecule has 2 saturated heterocycles. The zero-order valence-corrected chi connectivity index (χ0v) is 16.6. The van der Waals surface area contributed by atoms with Gasteiger partial charge in [-0.1, -0.05) is 30.3 Å². The van der Waals surface area contributed by atoms with Crippen LogP contribution in [0.5, 0.6) is 0 Å². The number of rotatable bonds is 5. The van der Waals surface area contributed by atoms with Crippen molar-refractivity contribution in [2.75, 3.05) is 24.6 Å². The van der Waals surface area contributed by atoms with Gasteiger partial charge < -0.3 is 15.0 Å². The first-order valence-corrected chi connectivity index (χ1v) is 10.1. The summed E-state index contributed by atoms with van der Waals surface area (Å²) < 4.78 is 6.03. The molecule has 0 bridgehead atoms. The molecule has 1 N–H and O–H groups in total. The number of nitrogens with zero attached hydrogens (tertiary/aromatic N) is 3. The second kappa shape index (κ2) is 8.27. The highest BCUT2D eigenvalue weighted by molar-refractivity contribution is 5.76. The van der Waals surface area contributed by atoms with Gasteiger partial charge in [0.25, 0.3) is 0 Å². The van der Waals surface area contributed by atoms with Crippen LogP contribution in [-0.4, -0.2) is 41.7 Å². The van der Waals surface area contributed by atoms with Gasteiger partial charge >= 0.3 is 0 Å². The third-order valence-electron chi connectivity index (χ3n) is 5.77. The maximum atomic E-state index is 12.4. The first-order chi connectivity index (χ1) is 13.6. The Balaban J connectivity index is 1.31. The first-order valence-electron chi connectivity index (χ1n) is 10.1. The third-order valence-corrected chi connectivity index (χ3v) is 5.77. The van der Waals surface area contributed by atoms with E-state index in [1.807, 2.05) is 50.2 Å². The summed E-state index contributed by atoms with van der Waals surface area (Å²) in [5.41, 5.74) is 3.11. The van der Waals surface area contributed by atoms with Crippen LogP contribution >= 0.6 is 0 Å². The summed E-state index contributed by atoms with van der Waals surface area (Å²) in [6.45, 7) is 7.10. The van der Waals surface area contributed by atoms with Gasteiger partial charge in [0.1, 0.15) is 0 Å². The molecule has 1 aromatic carbocycles. The Morgan fingerprint density at radius 3 is 2.71 bits per heavy atom. The average Bonchev–Trinajstić information content (AvgIpc) is 3.08. The zero-order valence-electron chi connectivity index (χ0n) is 16.6.